The highest BCUT2D eigenvalue weighted by atomic mass is 16.5. The SMILES string of the molecule is CCC1CC(=O)CC1OC(C)=O. The highest BCUT2D eigenvalue weighted by Gasteiger charge is 2.33. The summed E-state index contributed by atoms with van der Waals surface area (Å²) in [5, 5.41) is 0. The molecular weight excluding hydrogens is 156 g/mol. The molecule has 1 aliphatic carbocycles. The van der Waals surface area contributed by atoms with Gasteiger partial charge in [0.1, 0.15) is 11.9 Å². The molecule has 0 aromatic carbocycles. The molecule has 1 saturated carbocycles. The molecule has 0 radical (unpaired) electrons. The highest BCUT2D eigenvalue weighted by Crippen LogP contribution is 2.28. The van der Waals surface area contributed by atoms with Crippen molar-refractivity contribution < 1.29 is 14.3 Å². The van der Waals surface area contributed by atoms with Crippen molar-refractivity contribution >= 4 is 11.8 Å². The van der Waals surface area contributed by atoms with E-state index in [1.807, 2.05) is 6.92 Å². The summed E-state index contributed by atoms with van der Waals surface area (Å²) in [7, 11) is 0. The molecule has 0 aromatic heterocycles. The number of ketones is 1. The Morgan fingerprint density at radius 3 is 2.75 bits per heavy atom. The molecule has 0 heterocycles. The number of carbonyl (C=O) groups excluding carboxylic acids is 2. The van der Waals surface area contributed by atoms with Crippen molar-refractivity contribution in [3.8, 4) is 0 Å². The average molecular weight is 170 g/mol. The van der Waals surface area contributed by atoms with Gasteiger partial charge in [0.25, 0.3) is 0 Å². The summed E-state index contributed by atoms with van der Waals surface area (Å²) in [6.07, 6.45) is 1.75. The first-order chi connectivity index (χ1) is 5.63. The van der Waals surface area contributed by atoms with Crippen LogP contribution in [0.3, 0.4) is 0 Å². The number of carbonyl (C=O) groups is 2. The molecule has 0 amide bonds. The van der Waals surface area contributed by atoms with Crippen LogP contribution in [0.15, 0.2) is 0 Å². The minimum absolute atomic E-state index is 0.153. The molecule has 2 atom stereocenters. The first-order valence-corrected chi connectivity index (χ1v) is 4.32. The largest absolute Gasteiger partial charge is 0.462 e. The Morgan fingerprint density at radius 1 is 1.58 bits per heavy atom. The minimum atomic E-state index is -0.284. The van der Waals surface area contributed by atoms with Gasteiger partial charge in [0.05, 0.1) is 0 Å². The van der Waals surface area contributed by atoms with E-state index in [1.54, 1.807) is 0 Å². The molecule has 2 unspecified atom stereocenters. The van der Waals surface area contributed by atoms with Crippen molar-refractivity contribution in [3.05, 3.63) is 0 Å². The van der Waals surface area contributed by atoms with E-state index in [2.05, 4.69) is 0 Å². The highest BCUT2D eigenvalue weighted by molar-refractivity contribution is 5.82. The normalized spacial score (nSPS) is 29.0. The Labute approximate surface area is 72.1 Å². The molecule has 0 aliphatic heterocycles. The van der Waals surface area contributed by atoms with Gasteiger partial charge >= 0.3 is 5.97 Å². The summed E-state index contributed by atoms with van der Waals surface area (Å²) in [6.45, 7) is 3.40. The number of esters is 1. The van der Waals surface area contributed by atoms with Crippen molar-refractivity contribution in [3.63, 3.8) is 0 Å². The lowest BCUT2D eigenvalue weighted by molar-refractivity contribution is -0.148. The van der Waals surface area contributed by atoms with Crippen molar-refractivity contribution in [1.29, 1.82) is 0 Å². The van der Waals surface area contributed by atoms with Gasteiger partial charge in [-0.3, -0.25) is 9.59 Å². The van der Waals surface area contributed by atoms with Crippen LogP contribution in [0.2, 0.25) is 0 Å². The minimum Gasteiger partial charge on any atom is -0.462 e. The molecule has 3 heteroatoms. The zero-order valence-corrected chi connectivity index (χ0v) is 7.50. The van der Waals surface area contributed by atoms with Gasteiger partial charge < -0.3 is 4.74 Å². The van der Waals surface area contributed by atoms with Crippen LogP contribution >= 0.6 is 0 Å². The lowest BCUT2D eigenvalue weighted by Gasteiger charge is -2.16. The zero-order valence-electron chi connectivity index (χ0n) is 7.50. The third-order valence-electron chi connectivity index (χ3n) is 2.29. The lowest BCUT2D eigenvalue weighted by Crippen LogP contribution is -2.20. The van der Waals surface area contributed by atoms with Crippen LogP contribution in [0.4, 0.5) is 0 Å². The van der Waals surface area contributed by atoms with E-state index in [-0.39, 0.29) is 23.8 Å². The maximum atomic E-state index is 11.0. The molecular formula is C9H14O3. The monoisotopic (exact) mass is 170 g/mol. The van der Waals surface area contributed by atoms with Crippen LogP contribution in [-0.2, 0) is 14.3 Å². The molecule has 12 heavy (non-hydrogen) atoms. The second-order valence-electron chi connectivity index (χ2n) is 3.26. The molecule has 0 spiro atoms. The van der Waals surface area contributed by atoms with Crippen LogP contribution in [0, 0.1) is 5.92 Å². The third kappa shape index (κ3) is 2.06. The molecule has 1 fully saturated rings. The van der Waals surface area contributed by atoms with Gasteiger partial charge in [-0.05, 0) is 6.42 Å². The van der Waals surface area contributed by atoms with E-state index >= 15 is 0 Å². The number of rotatable bonds is 2. The van der Waals surface area contributed by atoms with E-state index in [4.69, 9.17) is 4.74 Å². The summed E-state index contributed by atoms with van der Waals surface area (Å²) in [6, 6.07) is 0. The summed E-state index contributed by atoms with van der Waals surface area (Å²) < 4.78 is 5.03. The fourth-order valence-corrected chi connectivity index (χ4v) is 1.66. The fourth-order valence-electron chi connectivity index (χ4n) is 1.66. The average Bonchev–Trinajstić information content (AvgIpc) is 2.29. The quantitative estimate of drug-likeness (QED) is 0.587. The smallest absolute Gasteiger partial charge is 0.302 e. The predicted molar refractivity (Wildman–Crippen MR) is 43.6 cm³/mol. The second-order valence-corrected chi connectivity index (χ2v) is 3.26. The van der Waals surface area contributed by atoms with Crippen molar-refractivity contribution in [2.24, 2.45) is 5.92 Å². The van der Waals surface area contributed by atoms with Gasteiger partial charge in [-0.15, -0.1) is 0 Å². The Bertz CT molecular complexity index is 198. The van der Waals surface area contributed by atoms with E-state index in [0.717, 1.165) is 6.42 Å². The zero-order chi connectivity index (χ0) is 9.14. The molecule has 1 aliphatic rings. The van der Waals surface area contributed by atoms with Gasteiger partial charge in [0.2, 0.25) is 0 Å². The third-order valence-corrected chi connectivity index (χ3v) is 2.29. The topological polar surface area (TPSA) is 43.4 Å². The summed E-state index contributed by atoms with van der Waals surface area (Å²) in [4.78, 5) is 21.6. The molecule has 0 bridgehead atoms. The van der Waals surface area contributed by atoms with Gasteiger partial charge in [-0.25, -0.2) is 0 Å². The lowest BCUT2D eigenvalue weighted by atomic mass is 10.0. The molecule has 1 rings (SSSR count). The molecule has 68 valence electrons. The number of Topliss-reactive ketones (excluding diaryl/α,β-unsaturated/α-hetero) is 1. The maximum absolute atomic E-state index is 11.0. The second kappa shape index (κ2) is 3.70. The summed E-state index contributed by atoms with van der Waals surface area (Å²) in [5.41, 5.74) is 0. The van der Waals surface area contributed by atoms with Gasteiger partial charge in [0.15, 0.2) is 0 Å². The summed E-state index contributed by atoms with van der Waals surface area (Å²) >= 11 is 0. The molecule has 3 nitrogen and oxygen atoms in total. The van der Waals surface area contributed by atoms with E-state index in [9.17, 15) is 9.59 Å². The van der Waals surface area contributed by atoms with Crippen LogP contribution < -0.4 is 0 Å². The molecule has 0 saturated heterocycles. The molecule has 0 N–H and O–H groups in total. The first kappa shape index (κ1) is 9.23. The van der Waals surface area contributed by atoms with Crippen molar-refractivity contribution in [2.75, 3.05) is 0 Å². The number of hydrogen-bond donors (Lipinski definition) is 0. The number of hydrogen-bond acceptors (Lipinski definition) is 3. The predicted octanol–water partition coefficient (Wildman–Crippen LogP) is 1.31. The first-order valence-electron chi connectivity index (χ1n) is 4.32. The molecule has 0 aromatic rings. The Balaban J connectivity index is 2.51. The summed E-state index contributed by atoms with van der Waals surface area (Å²) in [5.74, 6) is 0.183. The van der Waals surface area contributed by atoms with E-state index in [1.165, 1.54) is 6.92 Å². The van der Waals surface area contributed by atoms with Crippen LogP contribution in [0.1, 0.15) is 33.1 Å². The maximum Gasteiger partial charge on any atom is 0.302 e. The van der Waals surface area contributed by atoms with Gasteiger partial charge in [0, 0.05) is 25.7 Å². The fraction of sp³-hybridized carbons (Fsp3) is 0.778. The van der Waals surface area contributed by atoms with Crippen LogP contribution in [0.25, 0.3) is 0 Å². The Kier molecular flexibility index (Phi) is 2.84. The van der Waals surface area contributed by atoms with Crippen molar-refractivity contribution in [2.45, 2.75) is 39.2 Å². The van der Waals surface area contributed by atoms with Crippen LogP contribution in [-0.4, -0.2) is 17.9 Å². The van der Waals surface area contributed by atoms with Crippen molar-refractivity contribution in [1.82, 2.24) is 0 Å². The standard InChI is InChI=1S/C9H14O3/c1-3-7-4-8(11)5-9(7)12-6(2)10/h7,9H,3-5H2,1-2H3. The van der Waals surface area contributed by atoms with E-state index in [0.29, 0.717) is 12.8 Å². The Hall–Kier alpha value is -0.860. The van der Waals surface area contributed by atoms with Crippen LogP contribution in [0.5, 0.6) is 0 Å². The number of ether oxygens (including phenoxy) is 1. The Morgan fingerprint density at radius 2 is 2.25 bits per heavy atom. The van der Waals surface area contributed by atoms with Gasteiger partial charge in [-0.2, -0.15) is 0 Å². The van der Waals surface area contributed by atoms with E-state index < -0.39 is 0 Å². The van der Waals surface area contributed by atoms with Gasteiger partial charge in [-0.1, -0.05) is 6.92 Å².